The van der Waals surface area contributed by atoms with Gasteiger partial charge in [0.2, 0.25) is 11.8 Å². The second-order valence-corrected chi connectivity index (χ2v) is 10.4. The van der Waals surface area contributed by atoms with Crippen LogP contribution in [0.3, 0.4) is 0 Å². The van der Waals surface area contributed by atoms with Gasteiger partial charge in [-0.2, -0.15) is 0 Å². The maximum absolute atomic E-state index is 13.1. The molecule has 0 bridgehead atoms. The van der Waals surface area contributed by atoms with Crippen LogP contribution < -0.4 is 25.4 Å². The number of aliphatic hydroxyl groups excluding tert-OH is 1. The van der Waals surface area contributed by atoms with Crippen LogP contribution in [0.15, 0.2) is 18.2 Å². The summed E-state index contributed by atoms with van der Waals surface area (Å²) >= 11 is 0. The smallest absolute Gasteiger partial charge is 0.407 e. The summed E-state index contributed by atoms with van der Waals surface area (Å²) in [6.45, 7) is 11.2. The Bertz CT molecular complexity index is 961. The van der Waals surface area contributed by atoms with Crippen molar-refractivity contribution in [1.82, 2.24) is 16.0 Å². The summed E-state index contributed by atoms with van der Waals surface area (Å²) in [5.41, 5.74) is -0.129. The van der Waals surface area contributed by atoms with E-state index in [0.717, 1.165) is 0 Å². The van der Waals surface area contributed by atoms with Gasteiger partial charge in [0, 0.05) is 25.9 Å². The molecule has 39 heavy (non-hydrogen) atoms. The number of rotatable bonds is 15. The molecule has 0 aromatic heterocycles. The summed E-state index contributed by atoms with van der Waals surface area (Å²) in [7, 11) is 1.41. The molecule has 0 radical (unpaired) electrons. The summed E-state index contributed by atoms with van der Waals surface area (Å²) in [5.74, 6) is -0.992. The lowest BCUT2D eigenvalue weighted by atomic mass is 9.99. The molecule has 11 heteroatoms. The van der Waals surface area contributed by atoms with E-state index < -0.39 is 29.8 Å². The number of carbonyl (C=O) groups excluding carboxylic acids is 4. The van der Waals surface area contributed by atoms with Crippen LogP contribution in [0.4, 0.5) is 4.79 Å². The van der Waals surface area contributed by atoms with E-state index in [1.807, 2.05) is 20.8 Å². The average molecular weight is 552 g/mol. The lowest BCUT2D eigenvalue weighted by molar-refractivity contribution is -0.141. The Kier molecular flexibility index (Phi) is 14.3. The standard InChI is InChI=1S/C28H45N3O8/c1-8-11-23(33)30-17-20(32)19-13-14-21(22(16-19)37-7)38-26(35)25(18(3)9-2)31-24(34)12-10-15-29-27(36)39-28(4,5)6/h13-14,16,18,20,25,32H,8-12,15,17H2,1-7H3,(H,29,36)(H,30,33)(H,31,34)/t18-,20?,25-/m0/s1. The van der Waals surface area contributed by atoms with Gasteiger partial charge in [0.25, 0.3) is 0 Å². The number of hydrogen-bond donors (Lipinski definition) is 4. The van der Waals surface area contributed by atoms with Gasteiger partial charge in [-0.05, 0) is 57.2 Å². The molecule has 3 atom stereocenters. The van der Waals surface area contributed by atoms with Gasteiger partial charge in [-0.3, -0.25) is 9.59 Å². The van der Waals surface area contributed by atoms with E-state index in [1.165, 1.54) is 19.2 Å². The maximum atomic E-state index is 13.1. The third-order valence-electron chi connectivity index (χ3n) is 5.78. The topological polar surface area (TPSA) is 152 Å². The Morgan fingerprint density at radius 2 is 1.69 bits per heavy atom. The molecule has 4 N–H and O–H groups in total. The van der Waals surface area contributed by atoms with Crippen molar-refractivity contribution >= 4 is 23.9 Å². The molecule has 0 saturated carbocycles. The van der Waals surface area contributed by atoms with E-state index in [2.05, 4.69) is 16.0 Å². The molecular formula is C28H45N3O8. The van der Waals surface area contributed by atoms with Gasteiger partial charge in [0.1, 0.15) is 11.6 Å². The molecule has 1 unspecified atom stereocenters. The van der Waals surface area contributed by atoms with Gasteiger partial charge < -0.3 is 35.3 Å². The van der Waals surface area contributed by atoms with Crippen LogP contribution in [0.5, 0.6) is 11.5 Å². The van der Waals surface area contributed by atoms with Crippen molar-refractivity contribution in [2.45, 2.75) is 91.4 Å². The Morgan fingerprint density at radius 3 is 2.28 bits per heavy atom. The number of esters is 1. The molecule has 0 saturated heterocycles. The zero-order valence-corrected chi connectivity index (χ0v) is 24.2. The molecule has 3 amide bonds. The van der Waals surface area contributed by atoms with Crippen LogP contribution in [0.2, 0.25) is 0 Å². The summed E-state index contributed by atoms with van der Waals surface area (Å²) in [5, 5.41) is 18.4. The van der Waals surface area contributed by atoms with E-state index in [-0.39, 0.29) is 48.7 Å². The van der Waals surface area contributed by atoms with Crippen molar-refractivity contribution in [2.75, 3.05) is 20.2 Å². The summed E-state index contributed by atoms with van der Waals surface area (Å²) in [4.78, 5) is 49.0. The number of aliphatic hydroxyl groups is 1. The molecule has 0 aliphatic rings. The zero-order valence-electron chi connectivity index (χ0n) is 24.2. The molecule has 220 valence electrons. The van der Waals surface area contributed by atoms with Crippen LogP contribution in [0.1, 0.15) is 85.3 Å². The summed E-state index contributed by atoms with van der Waals surface area (Å²) in [6, 6.07) is 3.72. The van der Waals surface area contributed by atoms with Crippen LogP contribution in [0.25, 0.3) is 0 Å². The van der Waals surface area contributed by atoms with E-state index in [0.29, 0.717) is 31.2 Å². The van der Waals surface area contributed by atoms with Gasteiger partial charge in [-0.15, -0.1) is 0 Å². The molecule has 0 heterocycles. The highest BCUT2D eigenvalue weighted by Gasteiger charge is 2.29. The van der Waals surface area contributed by atoms with Gasteiger partial charge in [-0.1, -0.05) is 33.3 Å². The highest BCUT2D eigenvalue weighted by atomic mass is 16.6. The fourth-order valence-electron chi connectivity index (χ4n) is 3.46. The quantitative estimate of drug-likeness (QED) is 0.147. The van der Waals surface area contributed by atoms with Crippen molar-refractivity contribution < 1.29 is 38.5 Å². The Morgan fingerprint density at radius 1 is 1.00 bits per heavy atom. The highest BCUT2D eigenvalue weighted by Crippen LogP contribution is 2.31. The second kappa shape index (κ2) is 16.6. The predicted octanol–water partition coefficient (Wildman–Crippen LogP) is 3.39. The van der Waals surface area contributed by atoms with Crippen LogP contribution in [-0.4, -0.2) is 60.8 Å². The number of hydrogen-bond acceptors (Lipinski definition) is 8. The number of amides is 3. The van der Waals surface area contributed by atoms with E-state index in [4.69, 9.17) is 14.2 Å². The van der Waals surface area contributed by atoms with Crippen LogP contribution >= 0.6 is 0 Å². The van der Waals surface area contributed by atoms with E-state index in [1.54, 1.807) is 26.8 Å². The minimum absolute atomic E-state index is 0.0382. The van der Waals surface area contributed by atoms with Gasteiger partial charge in [0.05, 0.1) is 13.2 Å². The number of carbonyl (C=O) groups is 4. The van der Waals surface area contributed by atoms with E-state index >= 15 is 0 Å². The van der Waals surface area contributed by atoms with Crippen molar-refractivity contribution in [3.63, 3.8) is 0 Å². The molecule has 11 nitrogen and oxygen atoms in total. The number of benzene rings is 1. The van der Waals surface area contributed by atoms with E-state index in [9.17, 15) is 24.3 Å². The largest absolute Gasteiger partial charge is 0.493 e. The fourth-order valence-corrected chi connectivity index (χ4v) is 3.46. The molecule has 0 spiro atoms. The Hall–Kier alpha value is -3.34. The van der Waals surface area contributed by atoms with Gasteiger partial charge in [0.15, 0.2) is 11.5 Å². The first-order valence-corrected chi connectivity index (χ1v) is 13.4. The normalized spacial score (nSPS) is 13.4. The third kappa shape index (κ3) is 12.8. The minimum Gasteiger partial charge on any atom is -0.493 e. The zero-order chi connectivity index (χ0) is 29.6. The number of ether oxygens (including phenoxy) is 3. The van der Waals surface area contributed by atoms with Crippen molar-refractivity contribution in [3.8, 4) is 11.5 Å². The minimum atomic E-state index is -0.971. The molecule has 1 rings (SSSR count). The monoisotopic (exact) mass is 551 g/mol. The summed E-state index contributed by atoms with van der Waals surface area (Å²) < 4.78 is 16.1. The van der Waals surface area contributed by atoms with Crippen molar-refractivity contribution in [2.24, 2.45) is 5.92 Å². The Balaban J connectivity index is 2.76. The lowest BCUT2D eigenvalue weighted by Crippen LogP contribution is -2.47. The first kappa shape index (κ1) is 33.7. The first-order chi connectivity index (χ1) is 18.3. The maximum Gasteiger partial charge on any atom is 0.407 e. The number of alkyl carbamates (subject to hydrolysis) is 1. The molecule has 0 fully saturated rings. The first-order valence-electron chi connectivity index (χ1n) is 13.4. The molecule has 0 aliphatic carbocycles. The molecule has 0 aliphatic heterocycles. The lowest BCUT2D eigenvalue weighted by Gasteiger charge is -2.23. The van der Waals surface area contributed by atoms with Crippen LogP contribution in [0, 0.1) is 5.92 Å². The summed E-state index contributed by atoms with van der Waals surface area (Å²) in [6.07, 6.45) is 0.636. The molecule has 1 aromatic rings. The van der Waals surface area contributed by atoms with Crippen molar-refractivity contribution in [1.29, 1.82) is 0 Å². The predicted molar refractivity (Wildman–Crippen MR) is 146 cm³/mol. The van der Waals surface area contributed by atoms with Gasteiger partial charge in [-0.25, -0.2) is 9.59 Å². The third-order valence-corrected chi connectivity index (χ3v) is 5.78. The van der Waals surface area contributed by atoms with Gasteiger partial charge >= 0.3 is 12.1 Å². The SMILES string of the molecule is CCCC(=O)NCC(O)c1ccc(OC(=O)[C@@H](NC(=O)CCCNC(=O)OC(C)(C)C)[C@@H](C)CC)c(OC)c1. The second-order valence-electron chi connectivity index (χ2n) is 10.4. The van der Waals surface area contributed by atoms with Crippen molar-refractivity contribution in [3.05, 3.63) is 23.8 Å². The number of nitrogens with one attached hydrogen (secondary N) is 3. The average Bonchev–Trinajstić information content (AvgIpc) is 2.87. The Labute approximate surface area is 231 Å². The van der Waals surface area contributed by atoms with Crippen LogP contribution in [-0.2, 0) is 19.1 Å². The fraction of sp³-hybridized carbons (Fsp3) is 0.643. The number of methoxy groups -OCH3 is 1. The highest BCUT2D eigenvalue weighted by molar-refractivity contribution is 5.86. The molecular weight excluding hydrogens is 506 g/mol. The molecule has 1 aromatic carbocycles.